The van der Waals surface area contributed by atoms with Crippen molar-refractivity contribution in [3.63, 3.8) is 0 Å². The van der Waals surface area contributed by atoms with Gasteiger partial charge in [-0.1, -0.05) is 0 Å². The number of rotatable bonds is 3. The number of benzene rings is 1. The highest BCUT2D eigenvalue weighted by Gasteiger charge is 2.13. The van der Waals surface area contributed by atoms with Gasteiger partial charge in [-0.2, -0.15) is 0 Å². The summed E-state index contributed by atoms with van der Waals surface area (Å²) in [4.78, 5) is 11.3. The van der Waals surface area contributed by atoms with Crippen LogP contribution in [0.2, 0.25) is 0 Å². The lowest BCUT2D eigenvalue weighted by molar-refractivity contribution is 0.101. The summed E-state index contributed by atoms with van der Waals surface area (Å²) in [5.41, 5.74) is 0.386. The number of ether oxygens (including phenoxy) is 1. The van der Waals surface area contributed by atoms with Gasteiger partial charge in [-0.25, -0.2) is 4.39 Å². The standard InChI is InChI=1S/C11H12BrFO2/c1-6(2)15-11-5-10(13)9(12)4-8(11)7(3)14/h4-6H,1-3H3. The minimum Gasteiger partial charge on any atom is -0.490 e. The van der Waals surface area contributed by atoms with E-state index in [0.29, 0.717) is 11.3 Å². The third-order valence-electron chi connectivity index (χ3n) is 1.76. The average Bonchev–Trinajstić information content (AvgIpc) is 2.09. The van der Waals surface area contributed by atoms with E-state index in [2.05, 4.69) is 15.9 Å². The second kappa shape index (κ2) is 4.75. The molecular weight excluding hydrogens is 263 g/mol. The summed E-state index contributed by atoms with van der Waals surface area (Å²) in [5, 5.41) is 0. The molecule has 15 heavy (non-hydrogen) atoms. The van der Waals surface area contributed by atoms with Gasteiger partial charge in [0.05, 0.1) is 16.1 Å². The van der Waals surface area contributed by atoms with Crippen LogP contribution in [-0.2, 0) is 0 Å². The molecule has 0 unspecified atom stereocenters. The lowest BCUT2D eigenvalue weighted by Crippen LogP contribution is -2.09. The first kappa shape index (κ1) is 12.2. The molecule has 0 radical (unpaired) electrons. The van der Waals surface area contributed by atoms with Gasteiger partial charge >= 0.3 is 0 Å². The number of ketones is 1. The zero-order valence-corrected chi connectivity index (χ0v) is 10.4. The molecule has 0 heterocycles. The first-order chi connectivity index (χ1) is 6.91. The van der Waals surface area contributed by atoms with Gasteiger partial charge in [0.1, 0.15) is 11.6 Å². The summed E-state index contributed by atoms with van der Waals surface area (Å²) in [6.45, 7) is 5.07. The number of carbonyl (C=O) groups is 1. The van der Waals surface area contributed by atoms with Gasteiger partial charge in [0.15, 0.2) is 5.78 Å². The molecule has 1 aromatic carbocycles. The van der Waals surface area contributed by atoms with Crippen LogP contribution in [0.1, 0.15) is 31.1 Å². The molecule has 0 amide bonds. The van der Waals surface area contributed by atoms with Gasteiger partial charge in [-0.3, -0.25) is 4.79 Å². The van der Waals surface area contributed by atoms with Crippen molar-refractivity contribution in [3.05, 3.63) is 28.0 Å². The molecule has 0 spiro atoms. The zero-order chi connectivity index (χ0) is 11.6. The summed E-state index contributed by atoms with van der Waals surface area (Å²) in [5.74, 6) is -0.291. The average molecular weight is 275 g/mol. The van der Waals surface area contributed by atoms with E-state index >= 15 is 0 Å². The highest BCUT2D eigenvalue weighted by Crippen LogP contribution is 2.27. The van der Waals surface area contributed by atoms with E-state index in [4.69, 9.17) is 4.74 Å². The maximum absolute atomic E-state index is 13.2. The van der Waals surface area contributed by atoms with Crippen molar-refractivity contribution in [1.29, 1.82) is 0 Å². The zero-order valence-electron chi connectivity index (χ0n) is 8.80. The minimum atomic E-state index is -0.435. The Morgan fingerprint density at radius 2 is 2.07 bits per heavy atom. The molecule has 82 valence electrons. The van der Waals surface area contributed by atoms with Crippen LogP contribution in [0.15, 0.2) is 16.6 Å². The minimum absolute atomic E-state index is 0.0938. The van der Waals surface area contributed by atoms with Crippen LogP contribution >= 0.6 is 15.9 Å². The molecule has 1 rings (SSSR count). The lowest BCUT2D eigenvalue weighted by Gasteiger charge is -2.13. The number of hydrogen-bond acceptors (Lipinski definition) is 2. The van der Waals surface area contributed by atoms with E-state index in [0.717, 1.165) is 0 Å². The second-order valence-electron chi connectivity index (χ2n) is 3.49. The summed E-state index contributed by atoms with van der Waals surface area (Å²) in [6.07, 6.45) is -0.0938. The van der Waals surface area contributed by atoms with E-state index < -0.39 is 5.82 Å². The largest absolute Gasteiger partial charge is 0.490 e. The topological polar surface area (TPSA) is 26.3 Å². The van der Waals surface area contributed by atoms with E-state index in [1.54, 1.807) is 0 Å². The summed E-state index contributed by atoms with van der Waals surface area (Å²) < 4.78 is 18.9. The van der Waals surface area contributed by atoms with Gasteiger partial charge in [-0.15, -0.1) is 0 Å². The lowest BCUT2D eigenvalue weighted by atomic mass is 10.1. The van der Waals surface area contributed by atoms with Crippen molar-refractivity contribution in [3.8, 4) is 5.75 Å². The molecule has 4 heteroatoms. The summed E-state index contributed by atoms with van der Waals surface area (Å²) in [6, 6.07) is 2.66. The maximum atomic E-state index is 13.2. The fraction of sp³-hybridized carbons (Fsp3) is 0.364. The highest BCUT2D eigenvalue weighted by molar-refractivity contribution is 9.10. The quantitative estimate of drug-likeness (QED) is 0.788. The Bertz CT molecular complexity index is 388. The van der Waals surface area contributed by atoms with E-state index in [9.17, 15) is 9.18 Å². The Labute approximate surface area is 96.6 Å². The van der Waals surface area contributed by atoms with Crippen molar-refractivity contribution >= 4 is 21.7 Å². The molecule has 0 aliphatic carbocycles. The van der Waals surface area contributed by atoms with E-state index in [1.165, 1.54) is 19.1 Å². The highest BCUT2D eigenvalue weighted by atomic mass is 79.9. The van der Waals surface area contributed by atoms with E-state index in [1.807, 2.05) is 13.8 Å². The fourth-order valence-corrected chi connectivity index (χ4v) is 1.50. The number of carbonyl (C=O) groups excluding carboxylic acids is 1. The Balaban J connectivity index is 3.22. The van der Waals surface area contributed by atoms with Gasteiger partial charge in [0, 0.05) is 6.07 Å². The van der Waals surface area contributed by atoms with Gasteiger partial charge in [0.25, 0.3) is 0 Å². The number of hydrogen-bond donors (Lipinski definition) is 0. The molecule has 0 saturated heterocycles. The van der Waals surface area contributed by atoms with Gasteiger partial charge in [-0.05, 0) is 42.8 Å². The molecule has 0 aromatic heterocycles. The monoisotopic (exact) mass is 274 g/mol. The van der Waals surface area contributed by atoms with Crippen molar-refractivity contribution in [2.75, 3.05) is 0 Å². The van der Waals surface area contributed by atoms with Crippen LogP contribution in [-0.4, -0.2) is 11.9 Å². The third-order valence-corrected chi connectivity index (χ3v) is 2.37. The second-order valence-corrected chi connectivity index (χ2v) is 4.34. The van der Waals surface area contributed by atoms with Crippen molar-refractivity contribution in [2.45, 2.75) is 26.9 Å². The molecule has 0 aliphatic heterocycles. The number of halogens is 2. The molecular formula is C11H12BrFO2. The maximum Gasteiger partial charge on any atom is 0.163 e. The van der Waals surface area contributed by atoms with Gasteiger partial charge < -0.3 is 4.74 Å². The molecule has 1 aromatic rings. The van der Waals surface area contributed by atoms with Crippen molar-refractivity contribution in [2.24, 2.45) is 0 Å². The molecule has 0 fully saturated rings. The molecule has 0 atom stereocenters. The first-order valence-electron chi connectivity index (χ1n) is 4.58. The molecule has 0 aliphatic rings. The third kappa shape index (κ3) is 3.02. The predicted molar refractivity (Wildman–Crippen MR) is 59.9 cm³/mol. The van der Waals surface area contributed by atoms with Crippen LogP contribution in [0.4, 0.5) is 4.39 Å². The first-order valence-corrected chi connectivity index (χ1v) is 5.37. The SMILES string of the molecule is CC(=O)c1cc(Br)c(F)cc1OC(C)C. The van der Waals surface area contributed by atoms with Gasteiger partial charge in [0.2, 0.25) is 0 Å². The summed E-state index contributed by atoms with van der Waals surface area (Å²) >= 11 is 3.03. The Morgan fingerprint density at radius 3 is 2.53 bits per heavy atom. The van der Waals surface area contributed by atoms with Crippen molar-refractivity contribution in [1.82, 2.24) is 0 Å². The molecule has 0 N–H and O–H groups in total. The van der Waals surface area contributed by atoms with Crippen LogP contribution in [0.3, 0.4) is 0 Å². The van der Waals surface area contributed by atoms with Crippen LogP contribution in [0, 0.1) is 5.82 Å². The van der Waals surface area contributed by atoms with Crippen molar-refractivity contribution < 1.29 is 13.9 Å². The Hall–Kier alpha value is -0.900. The fourth-order valence-electron chi connectivity index (χ4n) is 1.16. The molecule has 0 bridgehead atoms. The predicted octanol–water partition coefficient (Wildman–Crippen LogP) is 3.58. The smallest absolute Gasteiger partial charge is 0.163 e. The molecule has 0 saturated carbocycles. The van der Waals surface area contributed by atoms with Crippen LogP contribution in [0.25, 0.3) is 0 Å². The van der Waals surface area contributed by atoms with Crippen LogP contribution < -0.4 is 4.74 Å². The normalized spacial score (nSPS) is 10.5. The van der Waals surface area contributed by atoms with E-state index in [-0.39, 0.29) is 16.4 Å². The Kier molecular flexibility index (Phi) is 3.85. The summed E-state index contributed by atoms with van der Waals surface area (Å²) in [7, 11) is 0. The Morgan fingerprint density at radius 1 is 1.47 bits per heavy atom. The number of Topliss-reactive ketones (excluding diaryl/α,β-unsaturated/α-hetero) is 1. The van der Waals surface area contributed by atoms with Crippen LogP contribution in [0.5, 0.6) is 5.75 Å². The molecule has 2 nitrogen and oxygen atoms in total.